The Morgan fingerprint density at radius 3 is 2.50 bits per heavy atom. The summed E-state index contributed by atoms with van der Waals surface area (Å²) in [7, 11) is 2.70. The van der Waals surface area contributed by atoms with Crippen molar-refractivity contribution in [3.63, 3.8) is 0 Å². The van der Waals surface area contributed by atoms with Gasteiger partial charge in [-0.25, -0.2) is 27.2 Å². The van der Waals surface area contributed by atoms with Crippen LogP contribution in [-0.4, -0.2) is 30.5 Å². The molecule has 0 bridgehead atoms. The molecule has 0 saturated heterocycles. The maximum atomic E-state index is 13.7. The molecule has 0 amide bonds. The zero-order chi connectivity index (χ0) is 22.1. The molecule has 2 N–H and O–H groups in total. The molecule has 3 rings (SSSR count). The van der Waals surface area contributed by atoms with E-state index in [1.165, 1.54) is 38.3 Å². The van der Waals surface area contributed by atoms with Crippen molar-refractivity contribution < 1.29 is 21.9 Å². The van der Waals surface area contributed by atoms with Crippen LogP contribution in [0.25, 0.3) is 0 Å². The highest BCUT2D eigenvalue weighted by molar-refractivity contribution is 8.13. The molecule has 0 fully saturated rings. The number of anilines is 1. The smallest absolute Gasteiger partial charge is 0.280 e. The third-order valence-electron chi connectivity index (χ3n) is 4.14. The van der Waals surface area contributed by atoms with Gasteiger partial charge in [0, 0.05) is 17.8 Å². The minimum Gasteiger partial charge on any atom is -0.378 e. The molecule has 3 aromatic rings. The zero-order valence-electron chi connectivity index (χ0n) is 15.7. The number of methoxy groups -OCH3 is 1. The summed E-state index contributed by atoms with van der Waals surface area (Å²) in [6, 6.07) is 5.75. The van der Waals surface area contributed by atoms with Gasteiger partial charge in [0.2, 0.25) is 0 Å². The average Bonchev–Trinajstić information content (AvgIpc) is 3.09. The number of aromatic nitrogens is 3. The van der Waals surface area contributed by atoms with Gasteiger partial charge in [-0.15, -0.1) is 0 Å². The van der Waals surface area contributed by atoms with Gasteiger partial charge in [0.1, 0.15) is 29.3 Å². The molecule has 0 radical (unpaired) electrons. The van der Waals surface area contributed by atoms with Crippen molar-refractivity contribution in [3.05, 3.63) is 69.8 Å². The number of aromatic amines is 1. The highest BCUT2D eigenvalue weighted by atomic mass is 35.7. The van der Waals surface area contributed by atoms with E-state index in [0.29, 0.717) is 5.56 Å². The second-order valence-corrected chi connectivity index (χ2v) is 9.18. The van der Waals surface area contributed by atoms with Crippen LogP contribution in [0.2, 0.25) is 5.02 Å². The first-order chi connectivity index (χ1) is 14.1. The molecule has 0 aliphatic rings. The first kappa shape index (κ1) is 22.4. The number of pyridine rings is 1. The van der Waals surface area contributed by atoms with E-state index >= 15 is 0 Å². The maximum absolute atomic E-state index is 13.7. The van der Waals surface area contributed by atoms with E-state index in [9.17, 15) is 17.2 Å². The lowest BCUT2D eigenvalue weighted by Crippen LogP contribution is -2.16. The Kier molecular flexibility index (Phi) is 6.61. The molecule has 2 heterocycles. The van der Waals surface area contributed by atoms with Gasteiger partial charge in [0.15, 0.2) is 5.03 Å². The lowest BCUT2D eigenvalue weighted by atomic mass is 10.1. The monoisotopic (exact) mass is 476 g/mol. The van der Waals surface area contributed by atoms with E-state index < -0.39 is 31.8 Å². The van der Waals surface area contributed by atoms with Crippen LogP contribution in [0.1, 0.15) is 28.8 Å². The molecule has 0 spiro atoms. The Hall–Kier alpha value is -2.27. The molecule has 1 unspecified atom stereocenters. The van der Waals surface area contributed by atoms with Gasteiger partial charge >= 0.3 is 0 Å². The van der Waals surface area contributed by atoms with E-state index in [-0.39, 0.29) is 34.7 Å². The Balaban J connectivity index is 2.13. The number of nitrogens with zero attached hydrogens (tertiary/aromatic N) is 2. The van der Waals surface area contributed by atoms with Crippen LogP contribution < -0.4 is 5.32 Å². The number of aryl methyl sites for hydroxylation is 1. The van der Waals surface area contributed by atoms with Crippen LogP contribution in [0.5, 0.6) is 0 Å². The van der Waals surface area contributed by atoms with Crippen molar-refractivity contribution >= 4 is 37.2 Å². The van der Waals surface area contributed by atoms with E-state index in [2.05, 4.69) is 20.3 Å². The lowest BCUT2D eigenvalue weighted by molar-refractivity contribution is 0.179. The molecule has 7 nitrogen and oxygen atoms in total. The lowest BCUT2D eigenvalue weighted by Gasteiger charge is -2.19. The summed E-state index contributed by atoms with van der Waals surface area (Å²) in [5.41, 5.74) is 0.728. The summed E-state index contributed by atoms with van der Waals surface area (Å²) in [6.07, 6.45) is 0. The van der Waals surface area contributed by atoms with E-state index in [1.807, 2.05) is 0 Å². The Morgan fingerprint density at radius 1 is 1.20 bits per heavy atom. The third kappa shape index (κ3) is 4.89. The maximum Gasteiger partial charge on any atom is 0.280 e. The summed E-state index contributed by atoms with van der Waals surface area (Å²) in [5.74, 6) is -0.705. The first-order valence-electron chi connectivity index (χ1n) is 8.47. The topological polar surface area (TPSA) is 97.0 Å². The van der Waals surface area contributed by atoms with Crippen LogP contribution in [0, 0.1) is 18.6 Å². The molecular formula is C18H16Cl2F2N4O3S. The second-order valence-electron chi connectivity index (χ2n) is 6.29. The van der Waals surface area contributed by atoms with Gasteiger partial charge in [0.25, 0.3) is 9.05 Å². The van der Waals surface area contributed by atoms with Gasteiger partial charge < -0.3 is 15.0 Å². The number of rotatable bonds is 7. The zero-order valence-corrected chi connectivity index (χ0v) is 18.0. The molecule has 12 heteroatoms. The minimum absolute atomic E-state index is 0.0981. The van der Waals surface area contributed by atoms with Crippen LogP contribution >= 0.6 is 22.3 Å². The molecular weight excluding hydrogens is 461 g/mol. The largest absolute Gasteiger partial charge is 0.378 e. The Bertz CT molecular complexity index is 1190. The van der Waals surface area contributed by atoms with E-state index in [0.717, 1.165) is 6.07 Å². The number of nitrogens with one attached hydrogen (secondary N) is 2. The summed E-state index contributed by atoms with van der Waals surface area (Å²) in [5, 5.41) is 2.49. The van der Waals surface area contributed by atoms with Gasteiger partial charge in [-0.1, -0.05) is 17.7 Å². The highest BCUT2D eigenvalue weighted by Crippen LogP contribution is 2.30. The van der Waals surface area contributed by atoms with Crippen molar-refractivity contribution in [2.75, 3.05) is 12.4 Å². The Labute approximate surface area is 180 Å². The molecule has 30 heavy (non-hydrogen) atoms. The number of hydrogen-bond acceptors (Lipinski definition) is 6. The van der Waals surface area contributed by atoms with E-state index in [1.54, 1.807) is 0 Å². The number of halogens is 4. The number of benzene rings is 1. The second kappa shape index (κ2) is 8.84. The summed E-state index contributed by atoms with van der Waals surface area (Å²) < 4.78 is 56.1. The van der Waals surface area contributed by atoms with Crippen molar-refractivity contribution in [3.8, 4) is 0 Å². The fraction of sp³-hybridized carbons (Fsp3) is 0.222. The third-order valence-corrected chi connectivity index (χ3v) is 5.67. The summed E-state index contributed by atoms with van der Waals surface area (Å²) >= 11 is 5.92. The number of ether oxygens (including phenoxy) is 1. The summed E-state index contributed by atoms with van der Waals surface area (Å²) in [4.78, 5) is 11.1. The average molecular weight is 477 g/mol. The minimum atomic E-state index is -4.18. The predicted molar refractivity (Wildman–Crippen MR) is 108 cm³/mol. The molecule has 1 aromatic carbocycles. The van der Waals surface area contributed by atoms with Gasteiger partial charge in [-0.3, -0.25) is 0 Å². The fourth-order valence-corrected chi connectivity index (χ4v) is 3.95. The normalized spacial score (nSPS) is 12.7. The van der Waals surface area contributed by atoms with Crippen molar-refractivity contribution in [2.45, 2.75) is 24.6 Å². The van der Waals surface area contributed by atoms with E-state index in [4.69, 9.17) is 27.0 Å². The Morgan fingerprint density at radius 2 is 1.90 bits per heavy atom. The quantitative estimate of drug-likeness (QED) is 0.492. The fourth-order valence-electron chi connectivity index (χ4n) is 2.77. The van der Waals surface area contributed by atoms with Crippen LogP contribution in [0.3, 0.4) is 0 Å². The van der Waals surface area contributed by atoms with Gasteiger partial charge in [-0.2, -0.15) is 0 Å². The van der Waals surface area contributed by atoms with Crippen LogP contribution in [0.15, 0.2) is 35.4 Å². The predicted octanol–water partition coefficient (Wildman–Crippen LogP) is 4.32. The molecule has 0 saturated carbocycles. The SMILES string of the molecule is COCc1[nH]c(C(Nc2ccc(F)c(C)n2)c2ccc(F)c(Cl)c2)nc1S(=O)(=O)Cl. The van der Waals surface area contributed by atoms with Gasteiger partial charge in [-0.05, 0) is 36.8 Å². The highest BCUT2D eigenvalue weighted by Gasteiger charge is 2.27. The van der Waals surface area contributed by atoms with Gasteiger partial charge in [0.05, 0.1) is 23.0 Å². The summed E-state index contributed by atoms with van der Waals surface area (Å²) in [6.45, 7) is 1.39. The molecule has 0 aliphatic carbocycles. The number of imidazole rings is 1. The number of hydrogen-bond donors (Lipinski definition) is 2. The van der Waals surface area contributed by atoms with Crippen LogP contribution in [0.4, 0.5) is 14.6 Å². The van der Waals surface area contributed by atoms with Crippen LogP contribution in [-0.2, 0) is 20.4 Å². The molecule has 1 atom stereocenters. The standard InChI is InChI=1S/C18H16Cl2F2N4O3S/c1-9-12(21)5-6-15(23-9)25-16(10-3-4-13(22)11(19)7-10)17-24-14(8-29-2)18(26-17)30(20,27)28/h3-7,16H,8H2,1-2H3,(H,23,25)(H,24,26). The van der Waals surface area contributed by atoms with Crippen molar-refractivity contribution in [1.29, 1.82) is 0 Å². The van der Waals surface area contributed by atoms with Crippen molar-refractivity contribution in [1.82, 2.24) is 15.0 Å². The molecule has 160 valence electrons. The van der Waals surface area contributed by atoms with Crippen molar-refractivity contribution in [2.24, 2.45) is 0 Å². The first-order valence-corrected chi connectivity index (χ1v) is 11.2. The molecule has 0 aliphatic heterocycles. The molecule has 2 aromatic heterocycles. The number of H-pyrrole nitrogens is 1.